The smallest absolute Gasteiger partial charge is 0.255 e. The summed E-state index contributed by atoms with van der Waals surface area (Å²) >= 11 is 0. The molecule has 3 rings (SSSR count). The number of hydrogen-bond donors (Lipinski definition) is 2. The summed E-state index contributed by atoms with van der Waals surface area (Å²) in [5, 5.41) is 6.39. The van der Waals surface area contributed by atoms with E-state index >= 15 is 0 Å². The Morgan fingerprint density at radius 1 is 0.926 bits per heavy atom. The molecule has 1 amide bonds. The normalized spacial score (nSPS) is 11.6. The van der Waals surface area contributed by atoms with Gasteiger partial charge in [-0.1, -0.05) is 48.5 Å². The van der Waals surface area contributed by atoms with Crippen molar-refractivity contribution in [1.82, 2.24) is 5.32 Å². The number of amides is 1. The molecule has 27 heavy (non-hydrogen) atoms. The highest BCUT2D eigenvalue weighted by Gasteiger charge is 2.10. The van der Waals surface area contributed by atoms with Gasteiger partial charge in [0.1, 0.15) is 5.75 Å². The van der Waals surface area contributed by atoms with E-state index in [2.05, 4.69) is 23.6 Å². The van der Waals surface area contributed by atoms with Gasteiger partial charge < -0.3 is 15.4 Å². The number of benzene rings is 3. The number of carbonyl (C=O) groups excluding carboxylic acids is 1. The van der Waals surface area contributed by atoms with Crippen LogP contribution >= 0.6 is 0 Å². The molecule has 138 valence electrons. The van der Waals surface area contributed by atoms with E-state index in [1.54, 1.807) is 7.11 Å². The molecule has 0 aliphatic carbocycles. The molecule has 0 fully saturated rings. The fraction of sp³-hybridized carbons (Fsp3) is 0.174. The Kier molecular flexibility index (Phi) is 6.23. The van der Waals surface area contributed by atoms with E-state index in [1.807, 2.05) is 72.8 Å². The maximum absolute atomic E-state index is 12.3. The van der Waals surface area contributed by atoms with E-state index in [0.29, 0.717) is 12.1 Å². The molecule has 2 N–H and O–H groups in total. The average Bonchev–Trinajstić information content (AvgIpc) is 2.73. The molecule has 1 atom stereocenters. The summed E-state index contributed by atoms with van der Waals surface area (Å²) in [6.07, 6.45) is 0. The maximum atomic E-state index is 12.3. The summed E-state index contributed by atoms with van der Waals surface area (Å²) in [7, 11) is 1.69. The van der Waals surface area contributed by atoms with E-state index in [1.165, 1.54) is 0 Å². The zero-order valence-corrected chi connectivity index (χ0v) is 15.6. The number of carbonyl (C=O) groups is 1. The standard InChI is InChI=1S/C23H24N2O2/c1-17(21-10-6-7-11-22(21)27-2)24-16-18-12-14-19(15-13-18)23(26)25-20-8-4-3-5-9-20/h3-15,17,24H,16H2,1-2H3,(H,25,26)/t17-/m0/s1. The quantitative estimate of drug-likeness (QED) is 0.636. The fourth-order valence-electron chi connectivity index (χ4n) is 2.90. The van der Waals surface area contributed by atoms with E-state index in [0.717, 1.165) is 22.6 Å². The first kappa shape index (κ1) is 18.7. The van der Waals surface area contributed by atoms with Crippen molar-refractivity contribution < 1.29 is 9.53 Å². The second kappa shape index (κ2) is 9.01. The van der Waals surface area contributed by atoms with Gasteiger partial charge in [0.05, 0.1) is 7.11 Å². The van der Waals surface area contributed by atoms with Crippen molar-refractivity contribution >= 4 is 11.6 Å². The van der Waals surface area contributed by atoms with Gasteiger partial charge in [-0.2, -0.15) is 0 Å². The SMILES string of the molecule is COc1ccccc1[C@H](C)NCc1ccc(C(=O)Nc2ccccc2)cc1. The van der Waals surface area contributed by atoms with Gasteiger partial charge in [0.2, 0.25) is 0 Å². The van der Waals surface area contributed by atoms with Crippen LogP contribution in [0.3, 0.4) is 0 Å². The number of para-hydroxylation sites is 2. The van der Waals surface area contributed by atoms with Gasteiger partial charge >= 0.3 is 0 Å². The van der Waals surface area contributed by atoms with E-state index in [-0.39, 0.29) is 11.9 Å². The van der Waals surface area contributed by atoms with Crippen molar-refractivity contribution in [3.63, 3.8) is 0 Å². The lowest BCUT2D eigenvalue weighted by atomic mass is 10.1. The van der Waals surface area contributed by atoms with Crippen LogP contribution in [-0.2, 0) is 6.54 Å². The van der Waals surface area contributed by atoms with Gasteiger partial charge in [0.25, 0.3) is 5.91 Å². The molecule has 0 spiro atoms. The second-order valence-corrected chi connectivity index (χ2v) is 6.36. The number of anilines is 1. The number of nitrogens with one attached hydrogen (secondary N) is 2. The molecule has 4 nitrogen and oxygen atoms in total. The minimum absolute atomic E-state index is 0.108. The van der Waals surface area contributed by atoms with Crippen molar-refractivity contribution in [2.45, 2.75) is 19.5 Å². The van der Waals surface area contributed by atoms with Gasteiger partial charge in [-0.3, -0.25) is 4.79 Å². The number of rotatable bonds is 7. The molecule has 0 aromatic heterocycles. The van der Waals surface area contributed by atoms with Crippen LogP contribution in [0.5, 0.6) is 5.75 Å². The lowest BCUT2D eigenvalue weighted by Gasteiger charge is -2.17. The highest BCUT2D eigenvalue weighted by Crippen LogP contribution is 2.24. The number of ether oxygens (including phenoxy) is 1. The van der Waals surface area contributed by atoms with Crippen LogP contribution in [0.1, 0.15) is 34.5 Å². The first-order valence-corrected chi connectivity index (χ1v) is 8.99. The largest absolute Gasteiger partial charge is 0.496 e. The van der Waals surface area contributed by atoms with Crippen LogP contribution in [0.25, 0.3) is 0 Å². The predicted molar refractivity (Wildman–Crippen MR) is 109 cm³/mol. The average molecular weight is 360 g/mol. The lowest BCUT2D eigenvalue weighted by molar-refractivity contribution is 0.102. The summed E-state index contributed by atoms with van der Waals surface area (Å²) in [5.41, 5.74) is 3.67. The van der Waals surface area contributed by atoms with Crippen LogP contribution in [0, 0.1) is 0 Å². The van der Waals surface area contributed by atoms with E-state index in [4.69, 9.17) is 4.74 Å². The molecule has 0 radical (unpaired) electrons. The lowest BCUT2D eigenvalue weighted by Crippen LogP contribution is -2.19. The Morgan fingerprint density at radius 2 is 1.59 bits per heavy atom. The Labute approximate surface area is 160 Å². The molecule has 0 saturated carbocycles. The van der Waals surface area contributed by atoms with Crippen molar-refractivity contribution in [2.75, 3.05) is 12.4 Å². The third-order valence-corrected chi connectivity index (χ3v) is 4.47. The summed E-state index contributed by atoms with van der Waals surface area (Å²) in [6.45, 7) is 2.82. The summed E-state index contributed by atoms with van der Waals surface area (Å²) in [6, 6.07) is 25.3. The molecule has 0 bridgehead atoms. The molecule has 0 heterocycles. The van der Waals surface area contributed by atoms with Crippen molar-refractivity contribution in [3.8, 4) is 5.75 Å². The number of hydrogen-bond acceptors (Lipinski definition) is 3. The van der Waals surface area contributed by atoms with E-state index < -0.39 is 0 Å². The summed E-state index contributed by atoms with van der Waals surface area (Å²) in [5.74, 6) is 0.772. The third kappa shape index (κ3) is 4.96. The molecular weight excluding hydrogens is 336 g/mol. The number of methoxy groups -OCH3 is 1. The van der Waals surface area contributed by atoms with E-state index in [9.17, 15) is 4.79 Å². The summed E-state index contributed by atoms with van der Waals surface area (Å²) < 4.78 is 5.42. The van der Waals surface area contributed by atoms with Crippen molar-refractivity contribution in [2.24, 2.45) is 0 Å². The van der Waals surface area contributed by atoms with Crippen LogP contribution in [0.2, 0.25) is 0 Å². The molecular formula is C23H24N2O2. The van der Waals surface area contributed by atoms with Gasteiger partial charge in [-0.05, 0) is 42.8 Å². The van der Waals surface area contributed by atoms with Crippen LogP contribution in [0.4, 0.5) is 5.69 Å². The van der Waals surface area contributed by atoms with Crippen LogP contribution in [-0.4, -0.2) is 13.0 Å². The highest BCUT2D eigenvalue weighted by atomic mass is 16.5. The van der Waals surface area contributed by atoms with Gasteiger partial charge in [-0.25, -0.2) is 0 Å². The molecule has 0 unspecified atom stereocenters. The second-order valence-electron chi connectivity index (χ2n) is 6.36. The van der Waals surface area contributed by atoms with Gasteiger partial charge in [0, 0.05) is 29.4 Å². The van der Waals surface area contributed by atoms with Gasteiger partial charge in [-0.15, -0.1) is 0 Å². The molecule has 0 saturated heterocycles. The molecule has 0 aliphatic rings. The Morgan fingerprint density at radius 3 is 2.30 bits per heavy atom. The topological polar surface area (TPSA) is 50.4 Å². The highest BCUT2D eigenvalue weighted by molar-refractivity contribution is 6.04. The molecule has 3 aromatic carbocycles. The van der Waals surface area contributed by atoms with Gasteiger partial charge in [0.15, 0.2) is 0 Å². The first-order chi connectivity index (χ1) is 13.2. The monoisotopic (exact) mass is 360 g/mol. The minimum atomic E-state index is -0.108. The Balaban J connectivity index is 1.58. The zero-order chi connectivity index (χ0) is 19.1. The van der Waals surface area contributed by atoms with Crippen LogP contribution in [0.15, 0.2) is 78.9 Å². The van der Waals surface area contributed by atoms with Crippen molar-refractivity contribution in [3.05, 3.63) is 95.6 Å². The molecule has 3 aromatic rings. The predicted octanol–water partition coefficient (Wildman–Crippen LogP) is 4.80. The van der Waals surface area contributed by atoms with Crippen LogP contribution < -0.4 is 15.4 Å². The summed E-state index contributed by atoms with van der Waals surface area (Å²) in [4.78, 5) is 12.3. The van der Waals surface area contributed by atoms with Crippen molar-refractivity contribution in [1.29, 1.82) is 0 Å². The first-order valence-electron chi connectivity index (χ1n) is 8.99. The third-order valence-electron chi connectivity index (χ3n) is 4.47. The molecule has 4 heteroatoms. The minimum Gasteiger partial charge on any atom is -0.496 e. The fourth-order valence-corrected chi connectivity index (χ4v) is 2.90. The maximum Gasteiger partial charge on any atom is 0.255 e. The molecule has 0 aliphatic heterocycles. The Hall–Kier alpha value is -3.11. The zero-order valence-electron chi connectivity index (χ0n) is 15.6. The Bertz CT molecular complexity index is 876.